The minimum absolute atomic E-state index is 0.411. The Kier molecular flexibility index (Phi) is 6.67. The number of rotatable bonds is 7. The van der Waals surface area contributed by atoms with Crippen molar-refractivity contribution < 1.29 is 9.47 Å². The van der Waals surface area contributed by atoms with Gasteiger partial charge in [-0.2, -0.15) is 5.26 Å². The minimum atomic E-state index is 0.411. The molecule has 0 aliphatic carbocycles. The van der Waals surface area contributed by atoms with Gasteiger partial charge in [-0.05, 0) is 77.9 Å². The van der Waals surface area contributed by atoms with Crippen LogP contribution in [0, 0.1) is 11.3 Å². The van der Waals surface area contributed by atoms with Crippen LogP contribution in [0.3, 0.4) is 0 Å². The minimum Gasteiger partial charge on any atom is -0.497 e. The van der Waals surface area contributed by atoms with Crippen LogP contribution < -0.4 is 14.4 Å². The summed E-state index contributed by atoms with van der Waals surface area (Å²) in [6.07, 6.45) is 5.70. The summed E-state index contributed by atoms with van der Waals surface area (Å²) in [6.45, 7) is 0. The Balaban J connectivity index is 1.63. The summed E-state index contributed by atoms with van der Waals surface area (Å²) in [5.41, 5.74) is 5.49. The maximum Gasteiger partial charge on any atom is 0.140 e. The van der Waals surface area contributed by atoms with E-state index in [4.69, 9.17) is 14.7 Å². The highest BCUT2D eigenvalue weighted by atomic mass is 16.5. The summed E-state index contributed by atoms with van der Waals surface area (Å²) in [7, 11) is 3.33. The average Bonchev–Trinajstić information content (AvgIpc) is 2.89. The molecule has 0 N–H and O–H groups in total. The van der Waals surface area contributed by atoms with Gasteiger partial charge in [-0.15, -0.1) is 0 Å². The summed E-state index contributed by atoms with van der Waals surface area (Å²) < 4.78 is 10.6. The molecule has 0 radical (unpaired) electrons. The van der Waals surface area contributed by atoms with Gasteiger partial charge in [0.05, 0.1) is 14.2 Å². The van der Waals surface area contributed by atoms with Crippen molar-refractivity contribution in [3.63, 3.8) is 0 Å². The van der Waals surface area contributed by atoms with Crippen molar-refractivity contribution >= 4 is 29.2 Å². The first-order valence-electron chi connectivity index (χ1n) is 10.4. The fourth-order valence-corrected chi connectivity index (χ4v) is 3.41. The van der Waals surface area contributed by atoms with E-state index >= 15 is 0 Å². The third-order valence-corrected chi connectivity index (χ3v) is 5.18. The van der Waals surface area contributed by atoms with Gasteiger partial charge in [0.1, 0.15) is 23.3 Å². The molecule has 162 valence electrons. The van der Waals surface area contributed by atoms with Crippen LogP contribution in [-0.4, -0.2) is 19.2 Å². The van der Waals surface area contributed by atoms with Crippen LogP contribution in [0.25, 0.3) is 12.2 Å². The standard InChI is InChI=1S/C28H23N3O2/c1-32-27-15-11-25(12-16-27)31(26-13-17-28(33-2)18-14-26)24-9-6-21(7-10-24)3-4-22-5-8-23(19-29)30-20-22/h3-18,20H,1-2H3/b4-3+. The normalized spacial score (nSPS) is 10.6. The van der Waals surface area contributed by atoms with Crippen LogP contribution in [0.1, 0.15) is 16.8 Å². The van der Waals surface area contributed by atoms with Crippen LogP contribution in [0.4, 0.5) is 17.1 Å². The first-order valence-corrected chi connectivity index (χ1v) is 10.4. The van der Waals surface area contributed by atoms with E-state index in [0.717, 1.165) is 39.7 Å². The molecular formula is C28H23N3O2. The lowest BCUT2D eigenvalue weighted by Gasteiger charge is -2.26. The van der Waals surface area contributed by atoms with Crippen LogP contribution >= 0.6 is 0 Å². The molecule has 0 spiro atoms. The Labute approximate surface area is 193 Å². The number of methoxy groups -OCH3 is 2. The molecule has 5 heteroatoms. The summed E-state index contributed by atoms with van der Waals surface area (Å²) in [6, 6.07) is 29.9. The Morgan fingerprint density at radius 2 is 1.12 bits per heavy atom. The molecule has 0 aliphatic heterocycles. The molecule has 0 fully saturated rings. The molecule has 3 aromatic carbocycles. The second kappa shape index (κ2) is 10.2. The van der Waals surface area contributed by atoms with Gasteiger partial charge in [-0.1, -0.05) is 30.4 Å². The van der Waals surface area contributed by atoms with E-state index < -0.39 is 0 Å². The number of pyridine rings is 1. The van der Waals surface area contributed by atoms with E-state index in [1.54, 1.807) is 26.5 Å². The van der Waals surface area contributed by atoms with Gasteiger partial charge in [0.15, 0.2) is 0 Å². The van der Waals surface area contributed by atoms with Gasteiger partial charge >= 0.3 is 0 Å². The Bertz CT molecular complexity index is 1210. The van der Waals surface area contributed by atoms with E-state index in [-0.39, 0.29) is 0 Å². The summed E-state index contributed by atoms with van der Waals surface area (Å²) in [4.78, 5) is 6.28. The van der Waals surface area contributed by atoms with E-state index in [1.807, 2.05) is 72.8 Å². The number of nitriles is 1. The molecule has 0 unspecified atom stereocenters. The lowest BCUT2D eigenvalue weighted by Crippen LogP contribution is -2.09. The quantitative estimate of drug-likeness (QED) is 0.328. The molecule has 0 saturated carbocycles. The SMILES string of the molecule is COc1ccc(N(c2ccc(/C=C/c3ccc(C#N)nc3)cc2)c2ccc(OC)cc2)cc1. The molecule has 1 aromatic heterocycles. The maximum atomic E-state index is 8.88. The fourth-order valence-electron chi connectivity index (χ4n) is 3.41. The van der Waals surface area contributed by atoms with Gasteiger partial charge in [-0.25, -0.2) is 4.98 Å². The van der Waals surface area contributed by atoms with Crippen molar-refractivity contribution in [2.24, 2.45) is 0 Å². The molecular weight excluding hydrogens is 410 g/mol. The highest BCUT2D eigenvalue weighted by molar-refractivity contribution is 5.78. The third kappa shape index (κ3) is 5.20. The van der Waals surface area contributed by atoms with Crippen molar-refractivity contribution in [3.8, 4) is 17.6 Å². The number of hydrogen-bond acceptors (Lipinski definition) is 5. The average molecular weight is 434 g/mol. The van der Waals surface area contributed by atoms with Crippen LogP contribution in [0.15, 0.2) is 91.1 Å². The van der Waals surface area contributed by atoms with Crippen molar-refractivity contribution in [3.05, 3.63) is 108 Å². The second-order valence-corrected chi connectivity index (χ2v) is 7.24. The first-order chi connectivity index (χ1) is 16.2. The highest BCUT2D eigenvalue weighted by Crippen LogP contribution is 2.36. The molecule has 0 saturated heterocycles. The van der Waals surface area contributed by atoms with Gasteiger partial charge < -0.3 is 14.4 Å². The molecule has 0 aliphatic rings. The van der Waals surface area contributed by atoms with Gasteiger partial charge in [0.25, 0.3) is 0 Å². The largest absolute Gasteiger partial charge is 0.497 e. The lowest BCUT2D eigenvalue weighted by atomic mass is 10.1. The number of hydrogen-bond donors (Lipinski definition) is 0. The summed E-state index contributed by atoms with van der Waals surface area (Å²) in [5.74, 6) is 1.62. The highest BCUT2D eigenvalue weighted by Gasteiger charge is 2.12. The van der Waals surface area contributed by atoms with Crippen molar-refractivity contribution in [1.82, 2.24) is 4.98 Å². The van der Waals surface area contributed by atoms with Gasteiger partial charge in [0.2, 0.25) is 0 Å². The van der Waals surface area contributed by atoms with E-state index in [9.17, 15) is 0 Å². The fraction of sp³-hybridized carbons (Fsp3) is 0.0714. The molecule has 5 nitrogen and oxygen atoms in total. The molecule has 0 amide bonds. The number of nitrogens with zero attached hydrogens (tertiary/aromatic N) is 3. The molecule has 1 heterocycles. The Morgan fingerprint density at radius 1 is 0.667 bits per heavy atom. The van der Waals surface area contributed by atoms with Crippen LogP contribution in [0.5, 0.6) is 11.5 Å². The Hall–Kier alpha value is -4.56. The summed E-state index contributed by atoms with van der Waals surface area (Å²) >= 11 is 0. The van der Waals surface area contributed by atoms with Gasteiger partial charge in [-0.3, -0.25) is 0 Å². The molecule has 0 atom stereocenters. The number of anilines is 3. The topological polar surface area (TPSA) is 58.4 Å². The molecule has 0 bridgehead atoms. The summed E-state index contributed by atoms with van der Waals surface area (Å²) in [5, 5.41) is 8.88. The number of ether oxygens (including phenoxy) is 2. The van der Waals surface area contributed by atoms with Crippen molar-refractivity contribution in [2.75, 3.05) is 19.1 Å². The molecule has 33 heavy (non-hydrogen) atoms. The smallest absolute Gasteiger partial charge is 0.140 e. The van der Waals surface area contributed by atoms with E-state index in [1.165, 1.54) is 0 Å². The predicted octanol–water partition coefficient (Wildman–Crippen LogP) is 6.61. The molecule has 4 aromatic rings. The maximum absolute atomic E-state index is 8.88. The monoisotopic (exact) mass is 433 g/mol. The van der Waals surface area contributed by atoms with E-state index in [0.29, 0.717) is 5.69 Å². The third-order valence-electron chi connectivity index (χ3n) is 5.18. The predicted molar refractivity (Wildman–Crippen MR) is 132 cm³/mol. The second-order valence-electron chi connectivity index (χ2n) is 7.24. The number of benzene rings is 3. The van der Waals surface area contributed by atoms with Crippen LogP contribution in [-0.2, 0) is 0 Å². The van der Waals surface area contributed by atoms with E-state index in [2.05, 4.69) is 34.1 Å². The first kappa shape index (κ1) is 21.7. The Morgan fingerprint density at radius 3 is 1.55 bits per heavy atom. The zero-order chi connectivity index (χ0) is 23.0. The zero-order valence-electron chi connectivity index (χ0n) is 18.5. The van der Waals surface area contributed by atoms with Crippen molar-refractivity contribution in [1.29, 1.82) is 5.26 Å². The van der Waals surface area contributed by atoms with Crippen LogP contribution in [0.2, 0.25) is 0 Å². The van der Waals surface area contributed by atoms with Crippen molar-refractivity contribution in [2.45, 2.75) is 0 Å². The lowest BCUT2D eigenvalue weighted by molar-refractivity contribution is 0.415. The number of aromatic nitrogens is 1. The zero-order valence-corrected chi connectivity index (χ0v) is 18.5. The van der Waals surface area contributed by atoms with Gasteiger partial charge in [0, 0.05) is 23.3 Å². The molecule has 4 rings (SSSR count).